The van der Waals surface area contributed by atoms with Crippen molar-refractivity contribution in [3.05, 3.63) is 52.4 Å². The van der Waals surface area contributed by atoms with Crippen LogP contribution in [0.25, 0.3) is 5.65 Å². The molecule has 1 amide bonds. The van der Waals surface area contributed by atoms with E-state index in [1.165, 1.54) is 16.7 Å². The number of carboxylic acids is 1. The van der Waals surface area contributed by atoms with Crippen LogP contribution in [0.4, 0.5) is 0 Å². The van der Waals surface area contributed by atoms with Gasteiger partial charge < -0.3 is 14.4 Å². The largest absolute Gasteiger partial charge is 0.476 e. The van der Waals surface area contributed by atoms with E-state index in [9.17, 15) is 9.59 Å². The van der Waals surface area contributed by atoms with Crippen LogP contribution >= 0.6 is 11.3 Å². The Balaban J connectivity index is 1.63. The van der Waals surface area contributed by atoms with Gasteiger partial charge in [-0.25, -0.2) is 14.8 Å². The molecule has 122 valence electrons. The van der Waals surface area contributed by atoms with Crippen LogP contribution in [0.3, 0.4) is 0 Å². The van der Waals surface area contributed by atoms with Crippen molar-refractivity contribution >= 4 is 28.9 Å². The van der Waals surface area contributed by atoms with Gasteiger partial charge in [0.05, 0.1) is 6.04 Å². The lowest BCUT2D eigenvalue weighted by Gasteiger charge is -2.22. The van der Waals surface area contributed by atoms with E-state index in [0.29, 0.717) is 17.2 Å². The van der Waals surface area contributed by atoms with E-state index in [4.69, 9.17) is 5.11 Å². The molecule has 0 spiro atoms. The second kappa shape index (κ2) is 5.72. The SMILES string of the molecule is O=C(O)c1csc(C2CCCN2C(=O)c2cn3ccccc3n2)n1. The second-order valence-electron chi connectivity index (χ2n) is 5.62. The van der Waals surface area contributed by atoms with Gasteiger partial charge in [0.2, 0.25) is 0 Å². The molecule has 1 saturated heterocycles. The molecule has 3 aromatic heterocycles. The predicted molar refractivity (Wildman–Crippen MR) is 87.3 cm³/mol. The topological polar surface area (TPSA) is 87.8 Å². The Bertz CT molecular complexity index is 899. The first-order chi connectivity index (χ1) is 11.6. The number of aromatic carboxylic acids is 1. The Morgan fingerprint density at radius 2 is 2.12 bits per heavy atom. The average Bonchev–Trinajstić information content (AvgIpc) is 3.30. The minimum atomic E-state index is -1.05. The summed E-state index contributed by atoms with van der Waals surface area (Å²) in [5.74, 6) is -1.19. The number of carbonyl (C=O) groups excluding carboxylic acids is 1. The van der Waals surface area contributed by atoms with Gasteiger partial charge in [-0.15, -0.1) is 11.3 Å². The van der Waals surface area contributed by atoms with Crippen molar-refractivity contribution < 1.29 is 14.7 Å². The van der Waals surface area contributed by atoms with Crippen molar-refractivity contribution in [1.29, 1.82) is 0 Å². The van der Waals surface area contributed by atoms with Gasteiger partial charge in [-0.1, -0.05) is 6.07 Å². The summed E-state index contributed by atoms with van der Waals surface area (Å²) in [5.41, 5.74) is 1.14. The van der Waals surface area contributed by atoms with Gasteiger partial charge in [-0.05, 0) is 25.0 Å². The summed E-state index contributed by atoms with van der Waals surface area (Å²) in [6.07, 6.45) is 5.22. The molecule has 24 heavy (non-hydrogen) atoms. The number of hydrogen-bond donors (Lipinski definition) is 1. The van der Waals surface area contributed by atoms with Gasteiger partial charge in [-0.2, -0.15) is 0 Å². The Kier molecular flexibility index (Phi) is 3.53. The third-order valence-corrected chi connectivity index (χ3v) is 5.07. The highest BCUT2D eigenvalue weighted by molar-refractivity contribution is 7.09. The number of pyridine rings is 1. The Hall–Kier alpha value is -2.74. The van der Waals surface area contributed by atoms with E-state index in [1.807, 2.05) is 28.8 Å². The third kappa shape index (κ3) is 2.44. The fourth-order valence-corrected chi connectivity index (χ4v) is 3.93. The highest BCUT2D eigenvalue weighted by Crippen LogP contribution is 2.34. The molecule has 7 nitrogen and oxygen atoms in total. The summed E-state index contributed by atoms with van der Waals surface area (Å²) in [7, 11) is 0. The average molecular weight is 342 g/mol. The number of imidazole rings is 1. The molecule has 0 bridgehead atoms. The molecule has 0 saturated carbocycles. The molecular weight excluding hydrogens is 328 g/mol. The van der Waals surface area contributed by atoms with E-state index in [2.05, 4.69) is 9.97 Å². The number of thiazole rings is 1. The van der Waals surface area contributed by atoms with Gasteiger partial charge in [-0.3, -0.25) is 4.79 Å². The Morgan fingerprint density at radius 3 is 2.88 bits per heavy atom. The molecule has 3 aromatic rings. The zero-order valence-corrected chi connectivity index (χ0v) is 13.4. The number of likely N-dealkylation sites (tertiary alicyclic amines) is 1. The fourth-order valence-electron chi connectivity index (χ4n) is 2.99. The van der Waals surface area contributed by atoms with E-state index in [0.717, 1.165) is 18.5 Å². The highest BCUT2D eigenvalue weighted by Gasteiger charge is 2.34. The van der Waals surface area contributed by atoms with Gasteiger partial charge in [0.15, 0.2) is 5.69 Å². The number of carbonyl (C=O) groups is 2. The van der Waals surface area contributed by atoms with Crippen LogP contribution in [0.2, 0.25) is 0 Å². The molecule has 1 aliphatic heterocycles. The summed E-state index contributed by atoms with van der Waals surface area (Å²) in [5, 5.41) is 11.2. The number of fused-ring (bicyclic) bond motifs is 1. The number of amides is 1. The summed E-state index contributed by atoms with van der Waals surface area (Å²) in [6.45, 7) is 0.624. The first-order valence-electron chi connectivity index (χ1n) is 7.57. The van der Waals surface area contributed by atoms with Crippen molar-refractivity contribution in [1.82, 2.24) is 19.3 Å². The molecule has 1 fully saturated rings. The number of rotatable bonds is 3. The van der Waals surface area contributed by atoms with Gasteiger partial charge >= 0.3 is 5.97 Å². The number of aromatic nitrogens is 3. The van der Waals surface area contributed by atoms with Crippen LogP contribution < -0.4 is 0 Å². The Labute approximate surface area is 141 Å². The zero-order valence-electron chi connectivity index (χ0n) is 12.6. The molecule has 1 aliphatic rings. The van der Waals surface area contributed by atoms with Crippen LogP contribution in [-0.2, 0) is 0 Å². The molecule has 0 aliphatic carbocycles. The van der Waals surface area contributed by atoms with Crippen LogP contribution in [0.5, 0.6) is 0 Å². The summed E-state index contributed by atoms with van der Waals surface area (Å²) in [6, 6.07) is 5.42. The van der Waals surface area contributed by atoms with Crippen molar-refractivity contribution in [3.63, 3.8) is 0 Å². The molecule has 0 radical (unpaired) electrons. The maximum absolute atomic E-state index is 12.9. The molecule has 4 heterocycles. The normalized spacial score (nSPS) is 17.5. The summed E-state index contributed by atoms with van der Waals surface area (Å²) >= 11 is 1.29. The van der Waals surface area contributed by atoms with Crippen molar-refractivity contribution in [3.8, 4) is 0 Å². The third-order valence-electron chi connectivity index (χ3n) is 4.12. The van der Waals surface area contributed by atoms with E-state index in [-0.39, 0.29) is 17.6 Å². The van der Waals surface area contributed by atoms with Gasteiger partial charge in [0.1, 0.15) is 16.3 Å². The minimum Gasteiger partial charge on any atom is -0.476 e. The highest BCUT2D eigenvalue weighted by atomic mass is 32.1. The van der Waals surface area contributed by atoms with Gasteiger partial charge in [0.25, 0.3) is 5.91 Å². The lowest BCUT2D eigenvalue weighted by atomic mass is 10.2. The molecule has 8 heteroatoms. The monoisotopic (exact) mass is 342 g/mol. The number of nitrogens with zero attached hydrogens (tertiary/aromatic N) is 4. The zero-order chi connectivity index (χ0) is 16.7. The van der Waals surface area contributed by atoms with E-state index >= 15 is 0 Å². The number of carboxylic acid groups (broad SMARTS) is 1. The molecular formula is C16H14N4O3S. The molecule has 1 N–H and O–H groups in total. The smallest absolute Gasteiger partial charge is 0.355 e. The Morgan fingerprint density at radius 1 is 1.25 bits per heavy atom. The second-order valence-corrected chi connectivity index (χ2v) is 6.51. The summed E-state index contributed by atoms with van der Waals surface area (Å²) in [4.78, 5) is 34.1. The van der Waals surface area contributed by atoms with E-state index in [1.54, 1.807) is 11.1 Å². The fraction of sp³-hybridized carbons (Fsp3) is 0.250. The molecule has 1 unspecified atom stereocenters. The van der Waals surface area contributed by atoms with Crippen molar-refractivity contribution in [2.45, 2.75) is 18.9 Å². The number of hydrogen-bond acceptors (Lipinski definition) is 5. The lowest BCUT2D eigenvalue weighted by molar-refractivity contribution is 0.0691. The maximum Gasteiger partial charge on any atom is 0.355 e. The minimum absolute atomic E-state index is 0.0297. The van der Waals surface area contributed by atoms with Crippen molar-refractivity contribution in [2.75, 3.05) is 6.54 Å². The van der Waals surface area contributed by atoms with E-state index < -0.39 is 5.97 Å². The molecule has 4 rings (SSSR count). The first kappa shape index (κ1) is 14.8. The molecule has 0 aromatic carbocycles. The first-order valence-corrected chi connectivity index (χ1v) is 8.45. The quantitative estimate of drug-likeness (QED) is 0.790. The van der Waals surface area contributed by atoms with Crippen LogP contribution in [0.15, 0.2) is 36.0 Å². The summed E-state index contributed by atoms with van der Waals surface area (Å²) < 4.78 is 1.81. The lowest BCUT2D eigenvalue weighted by Crippen LogP contribution is -2.30. The van der Waals surface area contributed by atoms with Crippen LogP contribution in [-0.4, -0.2) is 42.8 Å². The molecule has 1 atom stereocenters. The standard InChI is InChI=1S/C16H14N4O3S/c21-15(10-8-19-6-2-1-5-13(19)17-10)20-7-3-4-12(20)14-18-11(9-24-14)16(22)23/h1-2,5-6,8-9,12H,3-4,7H2,(H,22,23). The maximum atomic E-state index is 12.9. The predicted octanol–water partition coefficient (Wildman–Crippen LogP) is 2.47. The van der Waals surface area contributed by atoms with Crippen LogP contribution in [0.1, 0.15) is 44.9 Å². The van der Waals surface area contributed by atoms with Crippen molar-refractivity contribution in [2.24, 2.45) is 0 Å². The van der Waals surface area contributed by atoms with Gasteiger partial charge in [0, 0.05) is 24.3 Å². The van der Waals surface area contributed by atoms with Crippen LogP contribution in [0, 0.1) is 0 Å².